The lowest BCUT2D eigenvalue weighted by Crippen LogP contribution is -2.36. The first-order chi connectivity index (χ1) is 10.4. The molecule has 1 aromatic carbocycles. The average molecular weight is 320 g/mol. The molecule has 0 saturated carbocycles. The molecule has 0 bridgehead atoms. The van der Waals surface area contributed by atoms with Crippen LogP contribution in [0.3, 0.4) is 0 Å². The number of H-pyrrole nitrogens is 1. The number of sulfonamides is 1. The SMILES string of the molecule is Cc1n[nH]c(C)c1S(=O)(=O)NC1CCN(C)c2ccccc21. The van der Waals surface area contributed by atoms with Crippen molar-refractivity contribution >= 4 is 15.7 Å². The number of para-hydroxylation sites is 1. The molecule has 1 atom stereocenters. The molecule has 0 aliphatic carbocycles. The Morgan fingerprint density at radius 2 is 2.05 bits per heavy atom. The Labute approximate surface area is 130 Å². The Balaban J connectivity index is 1.96. The Bertz CT molecular complexity index is 778. The average Bonchev–Trinajstić information content (AvgIpc) is 2.82. The standard InChI is InChI=1S/C15H20N4O2S/c1-10-15(11(2)17-16-10)22(20,21)18-13-8-9-19(3)14-7-5-4-6-12(13)14/h4-7,13,18H,8-9H2,1-3H3,(H,16,17). The fraction of sp³-hybridized carbons (Fsp3) is 0.400. The third-order valence-corrected chi connectivity index (χ3v) is 5.84. The van der Waals surface area contributed by atoms with Crippen molar-refractivity contribution in [3.05, 3.63) is 41.2 Å². The van der Waals surface area contributed by atoms with E-state index in [9.17, 15) is 8.42 Å². The van der Waals surface area contributed by atoms with Crippen LogP contribution < -0.4 is 9.62 Å². The largest absolute Gasteiger partial charge is 0.374 e. The van der Waals surface area contributed by atoms with Gasteiger partial charge in [0.2, 0.25) is 10.0 Å². The van der Waals surface area contributed by atoms with Gasteiger partial charge in [0.1, 0.15) is 4.90 Å². The molecule has 1 unspecified atom stereocenters. The van der Waals surface area contributed by atoms with Crippen LogP contribution >= 0.6 is 0 Å². The number of aromatic nitrogens is 2. The second kappa shape index (κ2) is 5.40. The van der Waals surface area contributed by atoms with Crippen molar-refractivity contribution in [3.63, 3.8) is 0 Å². The van der Waals surface area contributed by atoms with Crippen molar-refractivity contribution in [2.75, 3.05) is 18.5 Å². The summed E-state index contributed by atoms with van der Waals surface area (Å²) in [7, 11) is -1.58. The highest BCUT2D eigenvalue weighted by molar-refractivity contribution is 7.89. The number of anilines is 1. The molecule has 2 aromatic rings. The van der Waals surface area contributed by atoms with E-state index in [0.717, 1.165) is 24.2 Å². The normalized spacial score (nSPS) is 18.3. The number of fused-ring (bicyclic) bond motifs is 1. The van der Waals surface area contributed by atoms with Crippen molar-refractivity contribution in [1.82, 2.24) is 14.9 Å². The van der Waals surface area contributed by atoms with Crippen molar-refractivity contribution in [2.24, 2.45) is 0 Å². The minimum atomic E-state index is -3.60. The molecular formula is C15H20N4O2S. The molecule has 22 heavy (non-hydrogen) atoms. The van der Waals surface area contributed by atoms with Crippen LogP contribution in [-0.2, 0) is 10.0 Å². The van der Waals surface area contributed by atoms with Gasteiger partial charge in [0.05, 0.1) is 17.4 Å². The zero-order valence-electron chi connectivity index (χ0n) is 12.9. The molecule has 7 heteroatoms. The molecule has 6 nitrogen and oxygen atoms in total. The predicted molar refractivity (Wildman–Crippen MR) is 85.5 cm³/mol. The van der Waals surface area contributed by atoms with Gasteiger partial charge in [0.15, 0.2) is 0 Å². The number of rotatable bonds is 3. The van der Waals surface area contributed by atoms with E-state index < -0.39 is 10.0 Å². The Kier molecular flexibility index (Phi) is 3.70. The fourth-order valence-electron chi connectivity index (χ4n) is 3.03. The summed E-state index contributed by atoms with van der Waals surface area (Å²) in [6.07, 6.45) is 0.739. The van der Waals surface area contributed by atoms with Crippen LogP contribution in [0, 0.1) is 13.8 Å². The van der Waals surface area contributed by atoms with Gasteiger partial charge in [-0.1, -0.05) is 18.2 Å². The van der Waals surface area contributed by atoms with Crippen molar-refractivity contribution < 1.29 is 8.42 Å². The molecule has 0 saturated heterocycles. The summed E-state index contributed by atoms with van der Waals surface area (Å²) in [5, 5.41) is 6.71. The first-order valence-electron chi connectivity index (χ1n) is 7.24. The molecule has 0 spiro atoms. The zero-order valence-corrected chi connectivity index (χ0v) is 13.7. The van der Waals surface area contributed by atoms with Crippen LogP contribution in [0.15, 0.2) is 29.2 Å². The van der Waals surface area contributed by atoms with Gasteiger partial charge in [-0.15, -0.1) is 0 Å². The highest BCUT2D eigenvalue weighted by atomic mass is 32.2. The lowest BCUT2D eigenvalue weighted by molar-refractivity contribution is 0.528. The van der Waals surface area contributed by atoms with E-state index in [-0.39, 0.29) is 10.9 Å². The third kappa shape index (κ3) is 2.50. The molecule has 2 heterocycles. The van der Waals surface area contributed by atoms with Crippen LogP contribution in [-0.4, -0.2) is 32.2 Å². The smallest absolute Gasteiger partial charge is 0.244 e. The Morgan fingerprint density at radius 1 is 1.32 bits per heavy atom. The molecule has 0 radical (unpaired) electrons. The maximum absolute atomic E-state index is 12.7. The van der Waals surface area contributed by atoms with Gasteiger partial charge in [-0.25, -0.2) is 13.1 Å². The van der Waals surface area contributed by atoms with Gasteiger partial charge >= 0.3 is 0 Å². The molecular weight excluding hydrogens is 300 g/mol. The van der Waals surface area contributed by atoms with E-state index >= 15 is 0 Å². The summed E-state index contributed by atoms with van der Waals surface area (Å²) < 4.78 is 28.3. The second-order valence-corrected chi connectivity index (χ2v) is 7.36. The van der Waals surface area contributed by atoms with Gasteiger partial charge in [0, 0.05) is 19.3 Å². The lowest BCUT2D eigenvalue weighted by Gasteiger charge is -2.33. The molecule has 0 fully saturated rings. The summed E-state index contributed by atoms with van der Waals surface area (Å²) in [5.74, 6) is 0. The van der Waals surface area contributed by atoms with Gasteiger partial charge in [-0.3, -0.25) is 5.10 Å². The van der Waals surface area contributed by atoms with E-state index in [1.807, 2.05) is 31.3 Å². The van der Waals surface area contributed by atoms with Crippen molar-refractivity contribution in [3.8, 4) is 0 Å². The summed E-state index contributed by atoms with van der Waals surface area (Å²) in [4.78, 5) is 2.40. The van der Waals surface area contributed by atoms with Crippen molar-refractivity contribution in [1.29, 1.82) is 0 Å². The van der Waals surface area contributed by atoms with Crippen LogP contribution in [0.4, 0.5) is 5.69 Å². The molecule has 118 valence electrons. The minimum absolute atomic E-state index is 0.217. The molecule has 1 aromatic heterocycles. The molecule has 1 aliphatic heterocycles. The summed E-state index contributed by atoms with van der Waals surface area (Å²) in [6.45, 7) is 4.23. The Morgan fingerprint density at radius 3 is 2.73 bits per heavy atom. The maximum Gasteiger partial charge on any atom is 0.244 e. The zero-order chi connectivity index (χ0) is 15.9. The first-order valence-corrected chi connectivity index (χ1v) is 8.72. The van der Waals surface area contributed by atoms with E-state index in [0.29, 0.717) is 11.4 Å². The van der Waals surface area contributed by atoms with E-state index in [1.54, 1.807) is 13.8 Å². The molecule has 2 N–H and O–H groups in total. The van der Waals surface area contributed by atoms with Crippen LogP contribution in [0.2, 0.25) is 0 Å². The number of aromatic amines is 1. The first kappa shape index (κ1) is 15.1. The Hall–Kier alpha value is -1.86. The molecule has 1 aliphatic rings. The fourth-order valence-corrected chi connectivity index (χ4v) is 4.65. The van der Waals surface area contributed by atoms with Gasteiger partial charge in [0.25, 0.3) is 0 Å². The highest BCUT2D eigenvalue weighted by Gasteiger charge is 2.30. The number of hydrogen-bond donors (Lipinski definition) is 2. The van der Waals surface area contributed by atoms with Crippen LogP contribution in [0.1, 0.15) is 29.4 Å². The van der Waals surface area contributed by atoms with Gasteiger partial charge in [-0.05, 0) is 31.9 Å². The topological polar surface area (TPSA) is 78.1 Å². The summed E-state index contributed by atoms with van der Waals surface area (Å²) >= 11 is 0. The maximum atomic E-state index is 12.7. The van der Waals surface area contributed by atoms with Gasteiger partial charge in [-0.2, -0.15) is 5.10 Å². The highest BCUT2D eigenvalue weighted by Crippen LogP contribution is 2.34. The summed E-state index contributed by atoms with van der Waals surface area (Å²) in [5.41, 5.74) is 3.14. The minimum Gasteiger partial charge on any atom is -0.374 e. The lowest BCUT2D eigenvalue weighted by atomic mass is 9.98. The van der Waals surface area contributed by atoms with Gasteiger partial charge < -0.3 is 4.90 Å². The number of hydrogen-bond acceptors (Lipinski definition) is 4. The number of nitrogens with one attached hydrogen (secondary N) is 2. The predicted octanol–water partition coefficient (Wildman–Crippen LogP) is 1.89. The van der Waals surface area contributed by atoms with Crippen molar-refractivity contribution in [2.45, 2.75) is 31.2 Å². The third-order valence-electron chi connectivity index (χ3n) is 4.10. The molecule has 0 amide bonds. The number of benzene rings is 1. The number of aryl methyl sites for hydroxylation is 2. The monoisotopic (exact) mass is 320 g/mol. The number of nitrogens with zero attached hydrogens (tertiary/aromatic N) is 2. The van der Waals surface area contributed by atoms with E-state index in [4.69, 9.17) is 0 Å². The molecule has 3 rings (SSSR count). The van der Waals surface area contributed by atoms with E-state index in [1.165, 1.54) is 0 Å². The van der Waals surface area contributed by atoms with Crippen LogP contribution in [0.25, 0.3) is 0 Å². The quantitative estimate of drug-likeness (QED) is 0.905. The summed E-state index contributed by atoms with van der Waals surface area (Å²) in [6, 6.07) is 7.69. The van der Waals surface area contributed by atoms with Crippen LogP contribution in [0.5, 0.6) is 0 Å². The van der Waals surface area contributed by atoms with E-state index in [2.05, 4.69) is 19.8 Å². The second-order valence-electron chi connectivity index (χ2n) is 5.71.